The van der Waals surface area contributed by atoms with Gasteiger partial charge in [-0.1, -0.05) is 30.3 Å². The Morgan fingerprint density at radius 1 is 1.17 bits per heavy atom. The first-order chi connectivity index (χ1) is 11.7. The van der Waals surface area contributed by atoms with E-state index in [9.17, 15) is 9.90 Å². The topological polar surface area (TPSA) is 81.1 Å². The number of β-amino-alcohol motifs (C(OH)–C–C–N with tert-alkyl or cyclic N) is 1. The molecule has 6 heteroatoms. The van der Waals surface area contributed by atoms with Crippen LogP contribution in [-0.4, -0.2) is 71.2 Å². The molecule has 24 heavy (non-hydrogen) atoms. The van der Waals surface area contributed by atoms with E-state index in [-0.39, 0.29) is 24.4 Å². The molecule has 1 aromatic carbocycles. The first-order valence-electron chi connectivity index (χ1n) is 8.46. The number of carbonyl (C=O) groups excluding carboxylic acids is 1. The Kier molecular flexibility index (Phi) is 7.21. The van der Waals surface area contributed by atoms with Crippen molar-refractivity contribution in [3.63, 3.8) is 0 Å². The number of benzene rings is 1. The van der Waals surface area contributed by atoms with Crippen molar-refractivity contribution in [2.75, 3.05) is 32.7 Å². The molecule has 3 rings (SSSR count). The number of hydrogen-bond acceptors (Lipinski definition) is 4. The monoisotopic (exact) mass is 334 g/mol. The quantitative estimate of drug-likeness (QED) is 0.808. The third kappa shape index (κ3) is 5.04. The molecule has 2 saturated heterocycles. The van der Waals surface area contributed by atoms with E-state index in [1.165, 1.54) is 5.56 Å². The zero-order valence-electron chi connectivity index (χ0n) is 13.9. The summed E-state index contributed by atoms with van der Waals surface area (Å²) in [7, 11) is 0. The average Bonchev–Trinajstić information content (AvgIpc) is 3.00. The average molecular weight is 334 g/mol. The minimum absolute atomic E-state index is 0.246. The fraction of sp³-hybridized carbons (Fsp3) is 0.556. The van der Waals surface area contributed by atoms with Crippen molar-refractivity contribution in [2.24, 2.45) is 0 Å². The summed E-state index contributed by atoms with van der Waals surface area (Å²) >= 11 is 0. The van der Waals surface area contributed by atoms with Crippen LogP contribution >= 0.6 is 0 Å². The van der Waals surface area contributed by atoms with Crippen LogP contribution in [0.25, 0.3) is 0 Å². The Bertz CT molecular complexity index is 523. The van der Waals surface area contributed by atoms with E-state index in [0.717, 1.165) is 39.0 Å². The lowest BCUT2D eigenvalue weighted by Crippen LogP contribution is -2.45. The van der Waals surface area contributed by atoms with Crippen molar-refractivity contribution in [3.05, 3.63) is 35.9 Å². The zero-order valence-corrected chi connectivity index (χ0v) is 13.9. The van der Waals surface area contributed by atoms with Crippen LogP contribution in [0.4, 0.5) is 0 Å². The van der Waals surface area contributed by atoms with E-state index in [1.54, 1.807) is 0 Å². The van der Waals surface area contributed by atoms with E-state index >= 15 is 0 Å². The molecule has 0 unspecified atom stereocenters. The van der Waals surface area contributed by atoms with Gasteiger partial charge in [0.2, 0.25) is 5.91 Å². The number of piperidine rings is 1. The number of likely N-dealkylation sites (tertiary alicyclic amines) is 2. The predicted octanol–water partition coefficient (Wildman–Crippen LogP) is 1.16. The van der Waals surface area contributed by atoms with Crippen molar-refractivity contribution in [1.29, 1.82) is 0 Å². The summed E-state index contributed by atoms with van der Waals surface area (Å²) in [6.07, 6.45) is 2.38. The van der Waals surface area contributed by atoms with Crippen molar-refractivity contribution in [1.82, 2.24) is 9.80 Å². The highest BCUT2D eigenvalue weighted by Gasteiger charge is 2.29. The van der Waals surface area contributed by atoms with E-state index < -0.39 is 0 Å². The second-order valence-electron chi connectivity index (χ2n) is 6.26. The standard InChI is InChI=1S/C17H24N2O2.CH2O2/c20-16-13-18(11-12-19-9-4-7-17(19)21)10-8-15(16)14-5-2-1-3-6-14;2-1-3/h1-3,5-6,15-16,20H,4,7-13H2;1H,(H,2,3)/t15-,16+;/m0./s1. The Balaban J connectivity index is 0.000000647. The SMILES string of the molecule is O=C1CCCN1CCN1CC[C@@H](c2ccccc2)[C@H](O)C1.O=CO. The summed E-state index contributed by atoms with van der Waals surface area (Å²) < 4.78 is 0. The molecule has 2 heterocycles. The predicted molar refractivity (Wildman–Crippen MR) is 90.8 cm³/mol. The molecule has 0 aromatic heterocycles. The lowest BCUT2D eigenvalue weighted by molar-refractivity contribution is -0.128. The molecule has 2 atom stereocenters. The van der Waals surface area contributed by atoms with Crippen molar-refractivity contribution in [3.8, 4) is 0 Å². The number of aliphatic hydroxyl groups excluding tert-OH is 1. The Morgan fingerprint density at radius 2 is 1.88 bits per heavy atom. The van der Waals surface area contributed by atoms with Crippen LogP contribution in [0.15, 0.2) is 30.3 Å². The van der Waals surface area contributed by atoms with Crippen molar-refractivity contribution < 1.29 is 19.8 Å². The first kappa shape index (κ1) is 18.4. The van der Waals surface area contributed by atoms with Gasteiger partial charge in [-0.15, -0.1) is 0 Å². The molecule has 6 nitrogen and oxygen atoms in total. The lowest BCUT2D eigenvalue weighted by Gasteiger charge is -2.36. The lowest BCUT2D eigenvalue weighted by atomic mass is 9.87. The highest BCUT2D eigenvalue weighted by Crippen LogP contribution is 2.28. The molecule has 2 aliphatic heterocycles. The largest absolute Gasteiger partial charge is 0.483 e. The van der Waals surface area contributed by atoms with E-state index in [2.05, 4.69) is 17.0 Å². The molecule has 2 fully saturated rings. The number of carbonyl (C=O) groups is 2. The molecule has 0 bridgehead atoms. The smallest absolute Gasteiger partial charge is 0.290 e. The minimum Gasteiger partial charge on any atom is -0.483 e. The fourth-order valence-electron chi connectivity index (χ4n) is 3.49. The highest BCUT2D eigenvalue weighted by molar-refractivity contribution is 5.78. The van der Waals surface area contributed by atoms with Crippen LogP contribution in [0.3, 0.4) is 0 Å². The first-order valence-corrected chi connectivity index (χ1v) is 8.46. The number of hydrogen-bond donors (Lipinski definition) is 2. The molecule has 0 aliphatic carbocycles. The molecular weight excluding hydrogens is 308 g/mol. The number of nitrogens with zero attached hydrogens (tertiary/aromatic N) is 2. The minimum atomic E-state index is -0.310. The summed E-state index contributed by atoms with van der Waals surface area (Å²) in [5.74, 6) is 0.533. The van der Waals surface area contributed by atoms with Gasteiger partial charge in [-0.3, -0.25) is 14.5 Å². The third-order valence-corrected chi connectivity index (χ3v) is 4.75. The van der Waals surface area contributed by atoms with Crippen molar-refractivity contribution >= 4 is 12.4 Å². The number of amides is 1. The summed E-state index contributed by atoms with van der Waals surface area (Å²) in [5, 5.41) is 17.3. The van der Waals surface area contributed by atoms with Crippen LogP contribution in [0.5, 0.6) is 0 Å². The highest BCUT2D eigenvalue weighted by atomic mass is 16.3. The molecule has 132 valence electrons. The van der Waals surface area contributed by atoms with Gasteiger partial charge in [-0.25, -0.2) is 0 Å². The molecule has 1 amide bonds. The van der Waals surface area contributed by atoms with Gasteiger partial charge in [0, 0.05) is 38.5 Å². The Hall–Kier alpha value is -1.92. The maximum atomic E-state index is 11.6. The van der Waals surface area contributed by atoms with Crippen LogP contribution in [-0.2, 0) is 9.59 Å². The van der Waals surface area contributed by atoms with Gasteiger partial charge in [0.05, 0.1) is 6.10 Å². The number of carboxylic acid groups (broad SMARTS) is 1. The molecule has 2 aliphatic rings. The maximum Gasteiger partial charge on any atom is 0.290 e. The summed E-state index contributed by atoms with van der Waals surface area (Å²) in [5.41, 5.74) is 1.24. The van der Waals surface area contributed by atoms with E-state index in [4.69, 9.17) is 9.90 Å². The van der Waals surface area contributed by atoms with Crippen LogP contribution < -0.4 is 0 Å². The van der Waals surface area contributed by atoms with Gasteiger partial charge in [0.1, 0.15) is 0 Å². The van der Waals surface area contributed by atoms with Gasteiger partial charge >= 0.3 is 0 Å². The summed E-state index contributed by atoms with van der Waals surface area (Å²) in [6.45, 7) is 4.05. The van der Waals surface area contributed by atoms with Gasteiger partial charge in [0.25, 0.3) is 6.47 Å². The van der Waals surface area contributed by atoms with Crippen molar-refractivity contribution in [2.45, 2.75) is 31.3 Å². The molecular formula is C18H26N2O4. The summed E-state index contributed by atoms with van der Waals surface area (Å²) in [4.78, 5) is 24.2. The fourth-order valence-corrected chi connectivity index (χ4v) is 3.49. The molecule has 1 aromatic rings. The second-order valence-corrected chi connectivity index (χ2v) is 6.26. The van der Waals surface area contributed by atoms with E-state index in [0.29, 0.717) is 13.0 Å². The Morgan fingerprint density at radius 3 is 2.46 bits per heavy atom. The molecule has 0 saturated carbocycles. The number of aliphatic hydroxyl groups is 1. The molecule has 0 spiro atoms. The third-order valence-electron chi connectivity index (χ3n) is 4.75. The van der Waals surface area contributed by atoms with E-state index in [1.807, 2.05) is 23.1 Å². The molecule has 0 radical (unpaired) electrons. The van der Waals surface area contributed by atoms with Gasteiger partial charge in [0.15, 0.2) is 0 Å². The normalized spacial score (nSPS) is 24.4. The second kappa shape index (κ2) is 9.39. The van der Waals surface area contributed by atoms with Crippen LogP contribution in [0.2, 0.25) is 0 Å². The molecule has 2 N–H and O–H groups in total. The Labute approximate surface area is 142 Å². The van der Waals surface area contributed by atoms with Gasteiger partial charge < -0.3 is 15.1 Å². The van der Waals surface area contributed by atoms with Crippen LogP contribution in [0, 0.1) is 0 Å². The maximum absolute atomic E-state index is 11.6. The summed E-state index contributed by atoms with van der Waals surface area (Å²) in [6, 6.07) is 10.3. The van der Waals surface area contributed by atoms with Crippen LogP contribution in [0.1, 0.15) is 30.7 Å². The zero-order chi connectivity index (χ0) is 17.4. The van der Waals surface area contributed by atoms with Gasteiger partial charge in [-0.05, 0) is 24.9 Å². The number of rotatable bonds is 4. The van der Waals surface area contributed by atoms with Gasteiger partial charge in [-0.2, -0.15) is 0 Å².